The molecular weight excluding hydrogens is 246 g/mol. The maximum absolute atomic E-state index is 5.07. The standard InChI is InChI=1S/C13H25N3OS/c1-10(2)14-9-12-11(3)15-13(18-12)16(4)7-6-8-17-5/h10,14H,6-9H2,1-5H3. The molecule has 1 aromatic heterocycles. The van der Waals surface area contributed by atoms with Gasteiger partial charge < -0.3 is 15.0 Å². The average Bonchev–Trinajstić information content (AvgIpc) is 2.68. The van der Waals surface area contributed by atoms with E-state index in [1.807, 2.05) is 0 Å². The summed E-state index contributed by atoms with van der Waals surface area (Å²) in [6, 6.07) is 0.509. The van der Waals surface area contributed by atoms with E-state index < -0.39 is 0 Å². The maximum Gasteiger partial charge on any atom is 0.185 e. The maximum atomic E-state index is 5.07. The van der Waals surface area contributed by atoms with Crippen LogP contribution in [0.25, 0.3) is 0 Å². The first-order chi connectivity index (χ1) is 8.54. The zero-order valence-electron chi connectivity index (χ0n) is 12.1. The minimum atomic E-state index is 0.509. The van der Waals surface area contributed by atoms with Crippen LogP contribution in [-0.4, -0.2) is 38.3 Å². The summed E-state index contributed by atoms with van der Waals surface area (Å²) < 4.78 is 5.07. The Morgan fingerprint density at radius 1 is 1.44 bits per heavy atom. The van der Waals surface area contributed by atoms with E-state index in [1.165, 1.54) is 4.88 Å². The van der Waals surface area contributed by atoms with Crippen LogP contribution in [0.4, 0.5) is 5.13 Å². The summed E-state index contributed by atoms with van der Waals surface area (Å²) in [5.74, 6) is 0. The number of hydrogen-bond acceptors (Lipinski definition) is 5. The summed E-state index contributed by atoms with van der Waals surface area (Å²) >= 11 is 1.78. The number of nitrogens with zero attached hydrogens (tertiary/aromatic N) is 2. The Morgan fingerprint density at radius 3 is 2.78 bits per heavy atom. The van der Waals surface area contributed by atoms with Gasteiger partial charge in [-0.3, -0.25) is 0 Å². The quantitative estimate of drug-likeness (QED) is 0.737. The van der Waals surface area contributed by atoms with Gasteiger partial charge in [-0.15, -0.1) is 11.3 Å². The second-order valence-electron chi connectivity index (χ2n) is 4.81. The molecule has 4 nitrogen and oxygen atoms in total. The summed E-state index contributed by atoms with van der Waals surface area (Å²) in [6.45, 7) is 9.10. The van der Waals surface area contributed by atoms with Crippen LogP contribution in [-0.2, 0) is 11.3 Å². The van der Waals surface area contributed by atoms with Gasteiger partial charge in [-0.25, -0.2) is 4.98 Å². The smallest absolute Gasteiger partial charge is 0.185 e. The fraction of sp³-hybridized carbons (Fsp3) is 0.769. The highest BCUT2D eigenvalue weighted by Crippen LogP contribution is 2.25. The van der Waals surface area contributed by atoms with Gasteiger partial charge in [0.25, 0.3) is 0 Å². The van der Waals surface area contributed by atoms with E-state index in [0.717, 1.165) is 36.9 Å². The summed E-state index contributed by atoms with van der Waals surface area (Å²) in [5.41, 5.74) is 1.14. The largest absolute Gasteiger partial charge is 0.385 e. The van der Waals surface area contributed by atoms with Crippen molar-refractivity contribution < 1.29 is 4.74 Å². The van der Waals surface area contributed by atoms with Crippen molar-refractivity contribution in [2.75, 3.05) is 32.2 Å². The molecule has 0 saturated carbocycles. The highest BCUT2D eigenvalue weighted by Gasteiger charge is 2.11. The van der Waals surface area contributed by atoms with Gasteiger partial charge in [0.1, 0.15) is 0 Å². The third kappa shape index (κ3) is 4.92. The molecule has 0 saturated heterocycles. The number of anilines is 1. The number of methoxy groups -OCH3 is 1. The fourth-order valence-corrected chi connectivity index (χ4v) is 2.58. The molecule has 0 atom stereocenters. The van der Waals surface area contributed by atoms with Crippen LogP contribution in [0.1, 0.15) is 30.8 Å². The van der Waals surface area contributed by atoms with Gasteiger partial charge in [-0.1, -0.05) is 13.8 Å². The molecule has 104 valence electrons. The monoisotopic (exact) mass is 271 g/mol. The van der Waals surface area contributed by atoms with Crippen molar-refractivity contribution in [1.82, 2.24) is 10.3 Å². The van der Waals surface area contributed by atoms with Crippen molar-refractivity contribution in [1.29, 1.82) is 0 Å². The van der Waals surface area contributed by atoms with E-state index in [2.05, 4.69) is 43.0 Å². The topological polar surface area (TPSA) is 37.4 Å². The summed E-state index contributed by atoms with van der Waals surface area (Å²) in [4.78, 5) is 8.17. The number of ether oxygens (including phenoxy) is 1. The van der Waals surface area contributed by atoms with Crippen molar-refractivity contribution in [2.45, 2.75) is 39.8 Å². The second kappa shape index (κ2) is 7.71. The average molecular weight is 271 g/mol. The van der Waals surface area contributed by atoms with Crippen molar-refractivity contribution >= 4 is 16.5 Å². The predicted octanol–water partition coefficient (Wildman–Crippen LogP) is 2.42. The van der Waals surface area contributed by atoms with E-state index in [4.69, 9.17) is 4.74 Å². The molecule has 0 radical (unpaired) electrons. The lowest BCUT2D eigenvalue weighted by atomic mass is 10.3. The molecule has 0 spiro atoms. The van der Waals surface area contributed by atoms with Gasteiger partial charge in [-0.2, -0.15) is 0 Å². The number of aryl methyl sites for hydroxylation is 1. The Morgan fingerprint density at radius 2 is 2.17 bits per heavy atom. The summed E-state index contributed by atoms with van der Waals surface area (Å²) in [6.07, 6.45) is 1.03. The molecule has 0 aromatic carbocycles. The van der Waals surface area contributed by atoms with E-state index in [9.17, 15) is 0 Å². The molecule has 0 aliphatic carbocycles. The van der Waals surface area contributed by atoms with Crippen LogP contribution in [0, 0.1) is 6.92 Å². The summed E-state index contributed by atoms with van der Waals surface area (Å²) in [7, 11) is 3.83. The zero-order chi connectivity index (χ0) is 13.5. The normalized spacial score (nSPS) is 11.2. The molecule has 0 amide bonds. The molecule has 1 aromatic rings. The van der Waals surface area contributed by atoms with E-state index in [1.54, 1.807) is 18.4 Å². The predicted molar refractivity (Wildman–Crippen MR) is 78.6 cm³/mol. The highest BCUT2D eigenvalue weighted by molar-refractivity contribution is 7.15. The Labute approximate surface area is 114 Å². The highest BCUT2D eigenvalue weighted by atomic mass is 32.1. The van der Waals surface area contributed by atoms with Gasteiger partial charge >= 0.3 is 0 Å². The number of aromatic nitrogens is 1. The van der Waals surface area contributed by atoms with Gasteiger partial charge in [-0.05, 0) is 13.3 Å². The Balaban J connectivity index is 2.53. The molecule has 0 aliphatic heterocycles. The van der Waals surface area contributed by atoms with Gasteiger partial charge in [0.2, 0.25) is 0 Å². The third-order valence-corrected chi connectivity index (χ3v) is 3.99. The van der Waals surface area contributed by atoms with Gasteiger partial charge in [0, 0.05) is 44.8 Å². The van der Waals surface area contributed by atoms with Gasteiger partial charge in [0.05, 0.1) is 5.69 Å². The van der Waals surface area contributed by atoms with Crippen LogP contribution in [0.15, 0.2) is 0 Å². The SMILES string of the molecule is COCCCN(C)c1nc(C)c(CNC(C)C)s1. The Hall–Kier alpha value is -0.650. The van der Waals surface area contributed by atoms with E-state index in [-0.39, 0.29) is 0 Å². The molecular formula is C13H25N3OS. The molecule has 1 heterocycles. The van der Waals surface area contributed by atoms with Crippen molar-refractivity contribution in [3.63, 3.8) is 0 Å². The van der Waals surface area contributed by atoms with Gasteiger partial charge in [0.15, 0.2) is 5.13 Å². The number of thiazole rings is 1. The Kier molecular flexibility index (Phi) is 6.60. The van der Waals surface area contributed by atoms with Crippen LogP contribution in [0.5, 0.6) is 0 Å². The lowest BCUT2D eigenvalue weighted by molar-refractivity contribution is 0.196. The third-order valence-electron chi connectivity index (χ3n) is 2.72. The summed E-state index contributed by atoms with van der Waals surface area (Å²) in [5, 5.41) is 4.54. The molecule has 0 fully saturated rings. The molecule has 0 bridgehead atoms. The van der Waals surface area contributed by atoms with E-state index in [0.29, 0.717) is 6.04 Å². The van der Waals surface area contributed by atoms with Crippen molar-refractivity contribution in [2.24, 2.45) is 0 Å². The zero-order valence-corrected chi connectivity index (χ0v) is 12.9. The van der Waals surface area contributed by atoms with Crippen LogP contribution >= 0.6 is 11.3 Å². The molecule has 18 heavy (non-hydrogen) atoms. The number of nitrogens with one attached hydrogen (secondary N) is 1. The first-order valence-electron chi connectivity index (χ1n) is 6.44. The second-order valence-corrected chi connectivity index (χ2v) is 5.87. The molecule has 1 rings (SSSR count). The van der Waals surface area contributed by atoms with Crippen LogP contribution in [0.2, 0.25) is 0 Å². The molecule has 5 heteroatoms. The Bertz CT molecular complexity index is 352. The first-order valence-corrected chi connectivity index (χ1v) is 7.26. The van der Waals surface area contributed by atoms with Crippen LogP contribution < -0.4 is 10.2 Å². The minimum absolute atomic E-state index is 0.509. The number of rotatable bonds is 8. The van der Waals surface area contributed by atoms with Crippen molar-refractivity contribution in [3.05, 3.63) is 10.6 Å². The number of hydrogen-bond donors (Lipinski definition) is 1. The molecule has 0 aliphatic rings. The first kappa shape index (κ1) is 15.4. The van der Waals surface area contributed by atoms with Crippen molar-refractivity contribution in [3.8, 4) is 0 Å². The lowest BCUT2D eigenvalue weighted by Gasteiger charge is -2.14. The fourth-order valence-electron chi connectivity index (χ4n) is 1.58. The molecule has 1 N–H and O–H groups in total. The van der Waals surface area contributed by atoms with E-state index >= 15 is 0 Å². The lowest BCUT2D eigenvalue weighted by Crippen LogP contribution is -2.21. The molecule has 0 unspecified atom stereocenters. The minimum Gasteiger partial charge on any atom is -0.385 e. The van der Waals surface area contributed by atoms with Crippen LogP contribution in [0.3, 0.4) is 0 Å².